The second-order valence-electron chi connectivity index (χ2n) is 5.96. The average Bonchev–Trinajstić information content (AvgIpc) is 3.32. The Labute approximate surface area is 142 Å². The van der Waals surface area contributed by atoms with Crippen molar-refractivity contribution in [1.82, 2.24) is 24.4 Å². The number of nitriles is 1. The van der Waals surface area contributed by atoms with Gasteiger partial charge in [-0.3, -0.25) is 4.79 Å². The number of carbonyl (C=O) groups is 1. The molecule has 25 heavy (non-hydrogen) atoms. The number of amides is 1. The third-order valence-electron chi connectivity index (χ3n) is 4.20. The summed E-state index contributed by atoms with van der Waals surface area (Å²) >= 11 is 0. The number of nitrogens with one attached hydrogen (secondary N) is 1. The van der Waals surface area contributed by atoms with Crippen molar-refractivity contribution in [2.45, 2.75) is 13.3 Å². The normalized spacial score (nSPS) is 17.0. The summed E-state index contributed by atoms with van der Waals surface area (Å²) < 4.78 is 6.80. The van der Waals surface area contributed by atoms with Crippen molar-refractivity contribution in [2.24, 2.45) is 5.92 Å². The molecule has 4 heterocycles. The lowest BCUT2D eigenvalue weighted by atomic mass is 10.1. The topological polar surface area (TPSA) is 112 Å². The second-order valence-corrected chi connectivity index (χ2v) is 5.96. The predicted octanol–water partition coefficient (Wildman–Crippen LogP) is 1.43. The summed E-state index contributed by atoms with van der Waals surface area (Å²) in [5.74, 6) is 1.16. The van der Waals surface area contributed by atoms with Gasteiger partial charge in [0, 0.05) is 31.8 Å². The maximum Gasteiger partial charge on any atom is 0.230 e. The zero-order chi connectivity index (χ0) is 17.4. The van der Waals surface area contributed by atoms with Crippen LogP contribution < -0.4 is 5.32 Å². The third-order valence-corrected chi connectivity index (χ3v) is 4.20. The van der Waals surface area contributed by atoms with Crippen LogP contribution in [0.1, 0.15) is 12.3 Å². The molecule has 0 bridgehead atoms. The Morgan fingerprint density at radius 3 is 3.08 bits per heavy atom. The molecule has 0 radical (unpaired) electrons. The summed E-state index contributed by atoms with van der Waals surface area (Å²) in [4.78, 5) is 22.5. The molecule has 126 valence electrons. The Balaban J connectivity index is 1.53. The quantitative estimate of drug-likeness (QED) is 0.719. The van der Waals surface area contributed by atoms with Crippen LogP contribution in [0.2, 0.25) is 0 Å². The van der Waals surface area contributed by atoms with Gasteiger partial charge < -0.3 is 19.1 Å². The van der Waals surface area contributed by atoms with E-state index in [2.05, 4.69) is 26.6 Å². The lowest BCUT2D eigenvalue weighted by Gasteiger charge is -2.08. The molecule has 1 amide bonds. The van der Waals surface area contributed by atoms with Gasteiger partial charge in [-0.1, -0.05) is 5.16 Å². The number of nitrogens with zero attached hydrogens (tertiary/aromatic N) is 6. The molecule has 0 spiro atoms. The highest BCUT2D eigenvalue weighted by atomic mass is 16.5. The molecule has 0 aromatic carbocycles. The SMILES string of the molecule is Cc1nc(-c2ccn3cc(NC(=O)[C@H]4CCN(C#N)C4)nc3c2)no1. The molecular formula is C16H15N7O2. The summed E-state index contributed by atoms with van der Waals surface area (Å²) in [5.41, 5.74) is 1.45. The number of hydrogen-bond acceptors (Lipinski definition) is 7. The fourth-order valence-corrected chi connectivity index (χ4v) is 2.89. The number of pyridine rings is 1. The number of fused-ring (bicyclic) bond motifs is 1. The maximum absolute atomic E-state index is 12.3. The predicted molar refractivity (Wildman–Crippen MR) is 87.1 cm³/mol. The molecule has 3 aromatic rings. The molecule has 9 heteroatoms. The molecule has 1 aliphatic heterocycles. The Bertz CT molecular complexity index is 984. The van der Waals surface area contributed by atoms with Crippen molar-refractivity contribution in [3.63, 3.8) is 0 Å². The minimum absolute atomic E-state index is 0.116. The number of likely N-dealkylation sites (tertiary alicyclic amines) is 1. The minimum Gasteiger partial charge on any atom is -0.339 e. The van der Waals surface area contributed by atoms with Crippen molar-refractivity contribution in [3.8, 4) is 17.6 Å². The van der Waals surface area contributed by atoms with Crippen molar-refractivity contribution >= 4 is 17.4 Å². The van der Waals surface area contributed by atoms with Gasteiger partial charge in [-0.2, -0.15) is 10.2 Å². The van der Waals surface area contributed by atoms with Crippen LogP contribution in [0.3, 0.4) is 0 Å². The van der Waals surface area contributed by atoms with E-state index in [1.54, 1.807) is 18.0 Å². The van der Waals surface area contributed by atoms with Gasteiger partial charge in [0.25, 0.3) is 0 Å². The largest absolute Gasteiger partial charge is 0.339 e. The first-order valence-corrected chi connectivity index (χ1v) is 7.87. The molecule has 1 N–H and O–H groups in total. The molecule has 0 aliphatic carbocycles. The van der Waals surface area contributed by atoms with Crippen LogP contribution in [-0.4, -0.2) is 43.4 Å². The van der Waals surface area contributed by atoms with Gasteiger partial charge in [0.05, 0.1) is 12.1 Å². The number of imidazole rings is 1. The highest BCUT2D eigenvalue weighted by Crippen LogP contribution is 2.21. The van der Waals surface area contributed by atoms with E-state index in [9.17, 15) is 4.79 Å². The minimum atomic E-state index is -0.192. The summed E-state index contributed by atoms with van der Waals surface area (Å²) in [6.45, 7) is 2.80. The van der Waals surface area contributed by atoms with E-state index in [-0.39, 0.29) is 11.8 Å². The van der Waals surface area contributed by atoms with Crippen molar-refractivity contribution in [2.75, 3.05) is 18.4 Å². The molecular weight excluding hydrogens is 322 g/mol. The molecule has 9 nitrogen and oxygen atoms in total. The molecule has 4 rings (SSSR count). The van der Waals surface area contributed by atoms with Crippen LogP contribution in [0.15, 0.2) is 29.0 Å². The monoisotopic (exact) mass is 337 g/mol. The maximum atomic E-state index is 12.3. The van der Waals surface area contributed by atoms with Gasteiger partial charge in [0.15, 0.2) is 12.0 Å². The highest BCUT2D eigenvalue weighted by molar-refractivity contribution is 5.92. The van der Waals surface area contributed by atoms with Crippen LogP contribution in [0.4, 0.5) is 5.82 Å². The van der Waals surface area contributed by atoms with Crippen LogP contribution in [0, 0.1) is 24.3 Å². The molecule has 1 aliphatic rings. The fraction of sp³-hybridized carbons (Fsp3) is 0.312. The van der Waals surface area contributed by atoms with Crippen LogP contribution >= 0.6 is 0 Å². The smallest absolute Gasteiger partial charge is 0.230 e. The standard InChI is InChI=1S/C16H15N7O2/c1-10-18-15(21-25-10)11-3-5-23-8-13(19-14(23)6-11)20-16(24)12-2-4-22(7-12)9-17/h3,5-6,8,12H,2,4,7H2,1H3,(H,20,24)/t12-/m0/s1. The molecule has 1 saturated heterocycles. The van der Waals surface area contributed by atoms with E-state index in [0.29, 0.717) is 42.7 Å². The van der Waals surface area contributed by atoms with Crippen LogP contribution in [-0.2, 0) is 4.79 Å². The molecule has 1 atom stereocenters. The van der Waals surface area contributed by atoms with Crippen molar-refractivity contribution < 1.29 is 9.32 Å². The Hall–Kier alpha value is -3.41. The lowest BCUT2D eigenvalue weighted by Crippen LogP contribution is -2.25. The molecule has 0 unspecified atom stereocenters. The summed E-state index contributed by atoms with van der Waals surface area (Å²) in [6, 6.07) is 3.68. The first-order chi connectivity index (χ1) is 12.1. The average molecular weight is 337 g/mol. The highest BCUT2D eigenvalue weighted by Gasteiger charge is 2.28. The second kappa shape index (κ2) is 5.90. The van der Waals surface area contributed by atoms with Gasteiger partial charge >= 0.3 is 0 Å². The van der Waals surface area contributed by atoms with E-state index in [4.69, 9.17) is 9.78 Å². The van der Waals surface area contributed by atoms with E-state index < -0.39 is 0 Å². The van der Waals surface area contributed by atoms with Crippen molar-refractivity contribution in [3.05, 3.63) is 30.4 Å². The van der Waals surface area contributed by atoms with Crippen molar-refractivity contribution in [1.29, 1.82) is 5.26 Å². The zero-order valence-electron chi connectivity index (χ0n) is 13.5. The molecule has 3 aromatic heterocycles. The van der Waals surface area contributed by atoms with Gasteiger partial charge in [-0.05, 0) is 18.6 Å². The third kappa shape index (κ3) is 2.89. The number of aryl methyl sites for hydroxylation is 1. The summed E-state index contributed by atoms with van der Waals surface area (Å²) in [6.07, 6.45) is 6.32. The van der Waals surface area contributed by atoms with Crippen LogP contribution in [0.5, 0.6) is 0 Å². The first kappa shape index (κ1) is 15.1. The number of hydrogen-bond donors (Lipinski definition) is 1. The van der Waals surface area contributed by atoms with E-state index in [1.807, 2.05) is 22.7 Å². The van der Waals surface area contributed by atoms with Gasteiger partial charge in [0.1, 0.15) is 5.65 Å². The number of aromatic nitrogens is 4. The summed E-state index contributed by atoms with van der Waals surface area (Å²) in [5, 5.41) is 15.6. The van der Waals surface area contributed by atoms with E-state index >= 15 is 0 Å². The lowest BCUT2D eigenvalue weighted by molar-refractivity contribution is -0.119. The Morgan fingerprint density at radius 1 is 1.48 bits per heavy atom. The van der Waals surface area contributed by atoms with E-state index in [1.165, 1.54) is 0 Å². The number of carbonyl (C=O) groups excluding carboxylic acids is 1. The zero-order valence-corrected chi connectivity index (χ0v) is 13.5. The number of rotatable bonds is 3. The molecule has 1 fully saturated rings. The first-order valence-electron chi connectivity index (χ1n) is 7.87. The Kier molecular flexibility index (Phi) is 3.57. The fourth-order valence-electron chi connectivity index (χ4n) is 2.89. The molecule has 0 saturated carbocycles. The Morgan fingerprint density at radius 2 is 2.36 bits per heavy atom. The van der Waals surface area contributed by atoms with E-state index in [0.717, 1.165) is 5.56 Å². The van der Waals surface area contributed by atoms with Gasteiger partial charge in [0.2, 0.25) is 17.6 Å². The summed E-state index contributed by atoms with van der Waals surface area (Å²) in [7, 11) is 0. The van der Waals surface area contributed by atoms with Crippen LogP contribution in [0.25, 0.3) is 17.0 Å². The number of anilines is 1. The van der Waals surface area contributed by atoms with Gasteiger partial charge in [-0.25, -0.2) is 4.98 Å². The van der Waals surface area contributed by atoms with Gasteiger partial charge in [-0.15, -0.1) is 0 Å².